The molecule has 0 unspecified atom stereocenters. The molecule has 12 heteroatoms. The Morgan fingerprint density at radius 2 is 1.98 bits per heavy atom. The lowest BCUT2D eigenvalue weighted by Gasteiger charge is -2.26. The zero-order chi connectivity index (χ0) is 33.5. The van der Waals surface area contributed by atoms with Gasteiger partial charge >= 0.3 is 6.18 Å². The minimum absolute atomic E-state index is 0.0997. The van der Waals surface area contributed by atoms with Crippen LogP contribution in [0.1, 0.15) is 38.8 Å². The van der Waals surface area contributed by atoms with Crippen molar-refractivity contribution < 1.29 is 27.4 Å². The number of aromatic nitrogens is 3. The van der Waals surface area contributed by atoms with Crippen LogP contribution in [0.3, 0.4) is 0 Å². The second kappa shape index (κ2) is 22.5. The average molecular weight is 631 g/mol. The van der Waals surface area contributed by atoms with Gasteiger partial charge in [0.2, 0.25) is 0 Å². The van der Waals surface area contributed by atoms with Crippen LogP contribution in [0.25, 0.3) is 11.3 Å². The van der Waals surface area contributed by atoms with Gasteiger partial charge in [0.1, 0.15) is 18.7 Å². The smallest absolute Gasteiger partial charge is 0.433 e. The number of terminal acetylenes is 1. The molecule has 2 aromatic rings. The summed E-state index contributed by atoms with van der Waals surface area (Å²) in [6.07, 6.45) is 17.3. The molecule has 0 bridgehead atoms. The number of morpholine rings is 1. The van der Waals surface area contributed by atoms with Crippen molar-refractivity contribution in [3.63, 3.8) is 0 Å². The maximum absolute atomic E-state index is 13.3. The molecule has 2 aliphatic rings. The number of alkyl halides is 3. The number of rotatable bonds is 9. The van der Waals surface area contributed by atoms with E-state index < -0.39 is 11.9 Å². The van der Waals surface area contributed by atoms with Crippen molar-refractivity contribution >= 4 is 12.1 Å². The number of nitrogens with zero attached hydrogens (tertiary/aromatic N) is 5. The number of likely N-dealkylation sites (N-methyl/N-ethyl adjacent to an activating group) is 1. The van der Waals surface area contributed by atoms with Crippen LogP contribution in [-0.2, 0) is 20.4 Å². The Morgan fingerprint density at radius 3 is 2.58 bits per heavy atom. The summed E-state index contributed by atoms with van der Waals surface area (Å²) in [7, 11) is 3.16. The Bertz CT molecular complexity index is 1260. The highest BCUT2D eigenvalue weighted by Gasteiger charge is 2.37. The molecule has 4 rings (SSSR count). The maximum Gasteiger partial charge on any atom is 0.433 e. The monoisotopic (exact) mass is 630 g/mol. The third-order valence-corrected chi connectivity index (χ3v) is 6.26. The van der Waals surface area contributed by atoms with Crippen LogP contribution < -0.4 is 5.32 Å². The van der Waals surface area contributed by atoms with Crippen molar-refractivity contribution in [3.8, 4) is 24.1 Å². The zero-order valence-corrected chi connectivity index (χ0v) is 26.6. The highest BCUT2D eigenvalue weighted by atomic mass is 19.4. The predicted octanol–water partition coefficient (Wildman–Crippen LogP) is 5.42. The van der Waals surface area contributed by atoms with Gasteiger partial charge in [0.25, 0.3) is 0 Å². The third-order valence-electron chi connectivity index (χ3n) is 6.26. The van der Waals surface area contributed by atoms with Crippen LogP contribution >= 0.6 is 0 Å². The number of pyridine rings is 1. The molecule has 0 aromatic carbocycles. The molecule has 0 spiro atoms. The lowest BCUT2D eigenvalue weighted by molar-refractivity contribution is -0.142. The van der Waals surface area contributed by atoms with Crippen molar-refractivity contribution in [1.29, 1.82) is 0 Å². The van der Waals surface area contributed by atoms with E-state index in [1.54, 1.807) is 31.5 Å². The van der Waals surface area contributed by atoms with Gasteiger partial charge in [0, 0.05) is 63.2 Å². The summed E-state index contributed by atoms with van der Waals surface area (Å²) in [4.78, 5) is 20.9. The molecule has 2 aromatic heterocycles. The van der Waals surface area contributed by atoms with Crippen LogP contribution in [0.4, 0.5) is 13.2 Å². The van der Waals surface area contributed by atoms with Gasteiger partial charge in [-0.05, 0) is 50.2 Å². The molecule has 3 heterocycles. The lowest BCUT2D eigenvalue weighted by atomic mass is 10.2. The second-order valence-electron chi connectivity index (χ2n) is 9.24. The van der Waals surface area contributed by atoms with Gasteiger partial charge in [0.05, 0.1) is 24.7 Å². The van der Waals surface area contributed by atoms with Gasteiger partial charge in [-0.15, -0.1) is 12.8 Å². The van der Waals surface area contributed by atoms with Crippen molar-refractivity contribution in [2.24, 2.45) is 4.99 Å². The van der Waals surface area contributed by atoms with Crippen molar-refractivity contribution in [3.05, 3.63) is 71.9 Å². The molecule has 1 N–H and O–H groups in total. The molecule has 0 atom stereocenters. The van der Waals surface area contributed by atoms with E-state index in [2.05, 4.69) is 38.1 Å². The molecule has 1 aliphatic carbocycles. The van der Waals surface area contributed by atoms with Crippen LogP contribution in [-0.4, -0.2) is 91.9 Å². The third kappa shape index (κ3) is 14.1. The van der Waals surface area contributed by atoms with Crippen LogP contribution in [0.2, 0.25) is 0 Å². The summed E-state index contributed by atoms with van der Waals surface area (Å²) >= 11 is 0. The number of aldehydes is 1. The van der Waals surface area contributed by atoms with Gasteiger partial charge in [-0.3, -0.25) is 19.7 Å². The lowest BCUT2D eigenvalue weighted by Crippen LogP contribution is -2.38. The number of nitrogens with one attached hydrogen (secondary N) is 1. The normalized spacial score (nSPS) is 15.5. The molecule has 9 nitrogen and oxygen atoms in total. The van der Waals surface area contributed by atoms with Gasteiger partial charge in [0.15, 0.2) is 5.69 Å². The van der Waals surface area contributed by atoms with Crippen molar-refractivity contribution in [1.82, 2.24) is 25.0 Å². The van der Waals surface area contributed by atoms with Gasteiger partial charge in [-0.2, -0.15) is 18.3 Å². The topological polar surface area (TPSA) is 93.9 Å². The van der Waals surface area contributed by atoms with Gasteiger partial charge in [-0.25, -0.2) is 4.68 Å². The number of carbonyl (C=O) groups is 1. The molecule has 1 aliphatic heterocycles. The van der Waals surface area contributed by atoms with E-state index in [4.69, 9.17) is 9.47 Å². The molecule has 0 saturated carbocycles. The SMILES string of the molecule is C#C.CC.CN=C(/C=C\CNC)n1nc(-c2cccnc2)cc1C(F)(F)F.O=CC1=CCCCC(OCCN2CCOCC2)=C1. The Hall–Kier alpha value is -4.05. The highest BCUT2D eigenvalue weighted by Crippen LogP contribution is 2.32. The standard InChI is InChI=1S/C15H16F3N5.C14H21NO3.C2H6.C2H2/c1-19-7-4-6-14(20-2)23-13(15(16,17)18)9-12(22-23)11-5-3-8-21-10-11;16-12-13-3-1-2-4-14(11-13)18-10-7-15-5-8-17-9-6-15;2*1-2/h3-6,8-10,19H,7H2,1-2H3;3,11-12H,1-2,4-10H2;1-2H3;1-2H/b6-4-,20-14?;;;. The first-order chi connectivity index (χ1) is 21.9. The largest absolute Gasteiger partial charge is 0.497 e. The number of hydrogen-bond acceptors (Lipinski definition) is 8. The maximum atomic E-state index is 13.3. The first-order valence-electron chi connectivity index (χ1n) is 14.8. The van der Waals surface area contributed by atoms with E-state index in [9.17, 15) is 18.0 Å². The summed E-state index contributed by atoms with van der Waals surface area (Å²) in [6.45, 7) is 9.75. The Morgan fingerprint density at radius 1 is 1.24 bits per heavy atom. The summed E-state index contributed by atoms with van der Waals surface area (Å²) in [5.41, 5.74) is 0.555. The van der Waals surface area contributed by atoms with Crippen LogP contribution in [0, 0.1) is 12.8 Å². The zero-order valence-electron chi connectivity index (χ0n) is 26.6. The quantitative estimate of drug-likeness (QED) is 0.171. The first-order valence-corrected chi connectivity index (χ1v) is 14.8. The van der Waals surface area contributed by atoms with E-state index in [-0.39, 0.29) is 11.5 Å². The van der Waals surface area contributed by atoms with Crippen LogP contribution in [0.15, 0.2) is 71.2 Å². The average Bonchev–Trinajstić information content (AvgIpc) is 3.41. The second-order valence-corrected chi connectivity index (χ2v) is 9.24. The number of aliphatic imine (C=N–C) groups is 1. The van der Waals surface area contributed by atoms with Gasteiger partial charge < -0.3 is 14.8 Å². The number of ether oxygens (including phenoxy) is 2. The molecule has 45 heavy (non-hydrogen) atoms. The minimum Gasteiger partial charge on any atom is -0.497 e. The van der Waals surface area contributed by atoms with E-state index in [1.165, 1.54) is 19.3 Å². The fourth-order valence-corrected chi connectivity index (χ4v) is 4.12. The van der Waals surface area contributed by atoms with E-state index >= 15 is 0 Å². The highest BCUT2D eigenvalue weighted by molar-refractivity contribution is 5.95. The summed E-state index contributed by atoms with van der Waals surface area (Å²) in [5.74, 6) is 1.04. The van der Waals surface area contributed by atoms with Crippen molar-refractivity contribution in [2.75, 3.05) is 60.1 Å². The molecule has 1 fully saturated rings. The first kappa shape index (κ1) is 39.0. The fourth-order valence-electron chi connectivity index (χ4n) is 4.12. The molecule has 0 radical (unpaired) electrons. The summed E-state index contributed by atoms with van der Waals surface area (Å²) in [5, 5.41) is 6.92. The summed E-state index contributed by atoms with van der Waals surface area (Å²) in [6, 6.07) is 4.29. The predicted molar refractivity (Wildman–Crippen MR) is 173 cm³/mol. The Kier molecular flexibility index (Phi) is 19.5. The molecular weight excluding hydrogens is 585 g/mol. The molecule has 0 amide bonds. The number of hydrogen-bond donors (Lipinski definition) is 1. The minimum atomic E-state index is -4.54. The van der Waals surface area contributed by atoms with E-state index in [1.807, 2.05) is 26.0 Å². The van der Waals surface area contributed by atoms with Gasteiger partial charge in [-0.1, -0.05) is 26.0 Å². The van der Waals surface area contributed by atoms with Crippen molar-refractivity contribution in [2.45, 2.75) is 39.3 Å². The van der Waals surface area contributed by atoms with E-state index in [0.717, 1.165) is 80.5 Å². The Balaban J connectivity index is 0.000000414. The number of allylic oxidation sites excluding steroid dienone is 5. The Labute approximate surface area is 264 Å². The molecule has 1 saturated heterocycles. The fraction of sp³-hybridized carbons (Fsp3) is 0.455. The van der Waals surface area contributed by atoms with Crippen LogP contribution in [0.5, 0.6) is 0 Å². The molecule has 246 valence electrons. The summed E-state index contributed by atoms with van der Waals surface area (Å²) < 4.78 is 51.8. The molecular formula is C33H45F3N6O3. The number of halogens is 3. The number of carbonyl (C=O) groups excluding carboxylic acids is 1. The van der Waals surface area contributed by atoms with E-state index in [0.29, 0.717) is 18.7 Å².